The standard InChI is InChI=1S/C24H42/c1-3-5-6-10-22-17-19-24(20-18-22)12-8-7-11-23-15-13-21(9-4-2)14-16-23/h3,5,8,12,21-24H,4,6-7,9-11,13-20H2,1-2H3/b5-3+,12-8?. The summed E-state index contributed by atoms with van der Waals surface area (Å²) in [6.45, 7) is 4.48. The molecule has 24 heavy (non-hydrogen) atoms. The molecular formula is C24H42. The van der Waals surface area contributed by atoms with Gasteiger partial charge in [0, 0.05) is 0 Å². The summed E-state index contributed by atoms with van der Waals surface area (Å²) < 4.78 is 0. The highest BCUT2D eigenvalue weighted by Gasteiger charge is 2.20. The van der Waals surface area contributed by atoms with Gasteiger partial charge in [-0.25, -0.2) is 0 Å². The Morgan fingerprint density at radius 1 is 0.667 bits per heavy atom. The molecule has 2 saturated carbocycles. The number of rotatable bonds is 9. The molecule has 0 bridgehead atoms. The lowest BCUT2D eigenvalue weighted by Gasteiger charge is -2.28. The highest BCUT2D eigenvalue weighted by atomic mass is 14.3. The van der Waals surface area contributed by atoms with Crippen LogP contribution >= 0.6 is 0 Å². The third kappa shape index (κ3) is 7.58. The minimum atomic E-state index is 0.892. The Balaban J connectivity index is 1.52. The van der Waals surface area contributed by atoms with Crippen LogP contribution in [-0.2, 0) is 0 Å². The molecule has 2 rings (SSSR count). The van der Waals surface area contributed by atoms with Crippen LogP contribution in [0.15, 0.2) is 24.3 Å². The first-order valence-corrected chi connectivity index (χ1v) is 11.1. The molecule has 2 aliphatic carbocycles. The Bertz CT molecular complexity index is 348. The van der Waals surface area contributed by atoms with Gasteiger partial charge in [0.05, 0.1) is 0 Å². The van der Waals surface area contributed by atoms with E-state index >= 15 is 0 Å². The zero-order valence-electron chi connectivity index (χ0n) is 16.5. The molecule has 0 atom stereocenters. The van der Waals surface area contributed by atoms with Crippen molar-refractivity contribution in [2.45, 2.75) is 104 Å². The molecule has 0 aromatic carbocycles. The summed E-state index contributed by atoms with van der Waals surface area (Å²) in [4.78, 5) is 0. The molecule has 0 N–H and O–H groups in total. The van der Waals surface area contributed by atoms with Crippen LogP contribution < -0.4 is 0 Å². The van der Waals surface area contributed by atoms with Gasteiger partial charge >= 0.3 is 0 Å². The van der Waals surface area contributed by atoms with Crippen molar-refractivity contribution in [3.8, 4) is 0 Å². The largest absolute Gasteiger partial charge is 0.0917 e. The molecule has 138 valence electrons. The highest BCUT2D eigenvalue weighted by Crippen LogP contribution is 2.35. The molecule has 0 spiro atoms. The van der Waals surface area contributed by atoms with E-state index in [2.05, 4.69) is 38.2 Å². The molecule has 0 saturated heterocycles. The minimum Gasteiger partial charge on any atom is -0.0917 e. The van der Waals surface area contributed by atoms with Crippen LogP contribution in [0.1, 0.15) is 104 Å². The maximum atomic E-state index is 2.57. The van der Waals surface area contributed by atoms with E-state index in [0.29, 0.717) is 0 Å². The summed E-state index contributed by atoms with van der Waals surface area (Å²) in [5.74, 6) is 3.99. The normalized spacial score (nSPS) is 31.9. The fraction of sp³-hybridized carbons (Fsp3) is 0.833. The lowest BCUT2D eigenvalue weighted by Crippen LogP contribution is -2.14. The van der Waals surface area contributed by atoms with Crippen molar-refractivity contribution in [1.82, 2.24) is 0 Å². The molecule has 0 heterocycles. The van der Waals surface area contributed by atoms with E-state index in [4.69, 9.17) is 0 Å². The van der Waals surface area contributed by atoms with E-state index in [1.165, 1.54) is 89.9 Å². The van der Waals surface area contributed by atoms with Gasteiger partial charge in [-0.15, -0.1) is 0 Å². The zero-order chi connectivity index (χ0) is 17.0. The van der Waals surface area contributed by atoms with Gasteiger partial charge < -0.3 is 0 Å². The van der Waals surface area contributed by atoms with Crippen LogP contribution in [0.2, 0.25) is 0 Å². The van der Waals surface area contributed by atoms with Gasteiger partial charge in [-0.05, 0) is 82.0 Å². The second-order valence-corrected chi connectivity index (χ2v) is 8.61. The Morgan fingerprint density at radius 3 is 1.71 bits per heavy atom. The van der Waals surface area contributed by atoms with Gasteiger partial charge in [-0.3, -0.25) is 0 Å². The van der Waals surface area contributed by atoms with Crippen LogP contribution in [0.4, 0.5) is 0 Å². The van der Waals surface area contributed by atoms with Crippen molar-refractivity contribution in [2.24, 2.45) is 23.7 Å². The maximum absolute atomic E-state index is 2.57. The maximum Gasteiger partial charge on any atom is -0.0233 e. The quantitative estimate of drug-likeness (QED) is 0.375. The van der Waals surface area contributed by atoms with E-state index < -0.39 is 0 Å². The smallest absolute Gasteiger partial charge is 0.0233 e. The molecule has 0 unspecified atom stereocenters. The van der Waals surface area contributed by atoms with Gasteiger partial charge in [-0.1, -0.05) is 69.8 Å². The van der Waals surface area contributed by atoms with Crippen LogP contribution in [-0.4, -0.2) is 0 Å². The number of hydrogen-bond donors (Lipinski definition) is 0. The van der Waals surface area contributed by atoms with E-state index in [1.54, 1.807) is 0 Å². The summed E-state index contributed by atoms with van der Waals surface area (Å²) in [5, 5.41) is 0. The van der Waals surface area contributed by atoms with Gasteiger partial charge in [-0.2, -0.15) is 0 Å². The van der Waals surface area contributed by atoms with Crippen LogP contribution in [0, 0.1) is 23.7 Å². The summed E-state index contributed by atoms with van der Waals surface area (Å²) in [6.07, 6.45) is 29.9. The highest BCUT2D eigenvalue weighted by molar-refractivity contribution is 4.92. The second-order valence-electron chi connectivity index (χ2n) is 8.61. The monoisotopic (exact) mass is 330 g/mol. The molecule has 0 aromatic rings. The fourth-order valence-corrected chi connectivity index (χ4v) is 5.01. The molecule has 0 amide bonds. The first-order valence-electron chi connectivity index (χ1n) is 11.1. The molecule has 0 aromatic heterocycles. The van der Waals surface area contributed by atoms with Crippen molar-refractivity contribution < 1.29 is 0 Å². The third-order valence-corrected chi connectivity index (χ3v) is 6.68. The lowest BCUT2D eigenvalue weighted by molar-refractivity contribution is 0.253. The van der Waals surface area contributed by atoms with Crippen LogP contribution in [0.25, 0.3) is 0 Å². The average molecular weight is 331 g/mol. The van der Waals surface area contributed by atoms with E-state index in [1.807, 2.05) is 0 Å². The zero-order valence-corrected chi connectivity index (χ0v) is 16.5. The molecule has 0 nitrogen and oxygen atoms in total. The molecular weight excluding hydrogens is 288 g/mol. The summed E-state index contributed by atoms with van der Waals surface area (Å²) in [6, 6.07) is 0. The molecule has 0 heteroatoms. The SMILES string of the molecule is C/C=C/CCC1CCC(C=CCCC2CCC(CCC)CC2)CC1. The predicted octanol–water partition coefficient (Wildman–Crippen LogP) is 8.09. The second kappa shape index (κ2) is 11.9. The van der Waals surface area contributed by atoms with Crippen molar-refractivity contribution in [2.75, 3.05) is 0 Å². The Labute approximate surface area is 152 Å². The Hall–Kier alpha value is -0.520. The van der Waals surface area contributed by atoms with Crippen molar-refractivity contribution in [1.29, 1.82) is 0 Å². The van der Waals surface area contributed by atoms with E-state index in [9.17, 15) is 0 Å². The van der Waals surface area contributed by atoms with Gasteiger partial charge in [0.15, 0.2) is 0 Å². The third-order valence-electron chi connectivity index (χ3n) is 6.68. The Kier molecular flexibility index (Phi) is 9.85. The molecule has 2 aliphatic rings. The first kappa shape index (κ1) is 19.8. The van der Waals surface area contributed by atoms with Crippen molar-refractivity contribution in [3.05, 3.63) is 24.3 Å². The van der Waals surface area contributed by atoms with E-state index in [-0.39, 0.29) is 0 Å². The minimum absolute atomic E-state index is 0.892. The van der Waals surface area contributed by atoms with Gasteiger partial charge in [0.25, 0.3) is 0 Å². The van der Waals surface area contributed by atoms with Gasteiger partial charge in [0.2, 0.25) is 0 Å². The molecule has 2 fully saturated rings. The van der Waals surface area contributed by atoms with Crippen LogP contribution in [0.3, 0.4) is 0 Å². The number of allylic oxidation sites excluding steroid dienone is 4. The Morgan fingerprint density at radius 2 is 1.17 bits per heavy atom. The molecule has 0 radical (unpaired) electrons. The summed E-state index contributed by atoms with van der Waals surface area (Å²) in [7, 11) is 0. The summed E-state index contributed by atoms with van der Waals surface area (Å²) in [5.41, 5.74) is 0. The summed E-state index contributed by atoms with van der Waals surface area (Å²) >= 11 is 0. The topological polar surface area (TPSA) is 0 Å². The van der Waals surface area contributed by atoms with Crippen molar-refractivity contribution in [3.63, 3.8) is 0 Å². The van der Waals surface area contributed by atoms with E-state index in [0.717, 1.165) is 23.7 Å². The number of hydrogen-bond acceptors (Lipinski definition) is 0. The van der Waals surface area contributed by atoms with Gasteiger partial charge in [0.1, 0.15) is 0 Å². The van der Waals surface area contributed by atoms with Crippen LogP contribution in [0.5, 0.6) is 0 Å². The average Bonchev–Trinajstić information content (AvgIpc) is 2.62. The van der Waals surface area contributed by atoms with Crippen molar-refractivity contribution >= 4 is 0 Å². The predicted molar refractivity (Wildman–Crippen MR) is 108 cm³/mol. The first-order chi connectivity index (χ1) is 11.8. The lowest BCUT2D eigenvalue weighted by atomic mass is 9.78. The fourth-order valence-electron chi connectivity index (χ4n) is 5.01. The molecule has 0 aliphatic heterocycles.